The van der Waals surface area contributed by atoms with Crippen molar-refractivity contribution in [3.63, 3.8) is 0 Å². The maximum absolute atomic E-state index is 12.6. The van der Waals surface area contributed by atoms with Crippen molar-refractivity contribution in [2.45, 2.75) is 39.0 Å². The lowest BCUT2D eigenvalue weighted by Gasteiger charge is -2.40. The van der Waals surface area contributed by atoms with Crippen LogP contribution in [0.15, 0.2) is 30.3 Å². The molecule has 2 rings (SSSR count). The van der Waals surface area contributed by atoms with Crippen molar-refractivity contribution in [2.75, 3.05) is 32.5 Å². The first-order chi connectivity index (χ1) is 13.4. The van der Waals surface area contributed by atoms with E-state index in [1.807, 2.05) is 30.3 Å². The molecule has 0 unspecified atom stereocenters. The highest BCUT2D eigenvalue weighted by molar-refractivity contribution is 7.85. The van der Waals surface area contributed by atoms with Gasteiger partial charge in [-0.2, -0.15) is 8.42 Å². The zero-order chi connectivity index (χ0) is 21.7. The molecule has 9 nitrogen and oxygen atoms in total. The van der Waals surface area contributed by atoms with Crippen molar-refractivity contribution in [1.82, 2.24) is 9.80 Å². The Bertz CT molecular complexity index is 806. The van der Waals surface area contributed by atoms with Gasteiger partial charge < -0.3 is 14.4 Å². The third-order valence-corrected chi connectivity index (χ3v) is 4.61. The average Bonchev–Trinajstić information content (AvgIpc) is 2.63. The number of ether oxygens (including phenoxy) is 2. The van der Waals surface area contributed by atoms with Crippen LogP contribution in [0.5, 0.6) is 0 Å². The van der Waals surface area contributed by atoms with Gasteiger partial charge in [-0.25, -0.2) is 9.59 Å². The molecule has 1 atom stereocenters. The molecule has 1 aromatic rings. The van der Waals surface area contributed by atoms with E-state index >= 15 is 0 Å². The fraction of sp³-hybridized carbons (Fsp3) is 0.579. The van der Waals surface area contributed by atoms with Crippen LogP contribution >= 0.6 is 0 Å². The van der Waals surface area contributed by atoms with Gasteiger partial charge in [0.25, 0.3) is 10.1 Å². The number of amides is 2. The summed E-state index contributed by atoms with van der Waals surface area (Å²) in [6.45, 7) is 5.56. The summed E-state index contributed by atoms with van der Waals surface area (Å²) < 4.78 is 38.4. The first kappa shape index (κ1) is 23.0. The Morgan fingerprint density at radius 3 is 2.34 bits per heavy atom. The third kappa shape index (κ3) is 7.90. The van der Waals surface area contributed by atoms with E-state index in [9.17, 15) is 18.0 Å². The summed E-state index contributed by atoms with van der Waals surface area (Å²) in [4.78, 5) is 27.8. The van der Waals surface area contributed by atoms with E-state index in [-0.39, 0.29) is 32.8 Å². The van der Waals surface area contributed by atoms with Gasteiger partial charge in [-0.3, -0.25) is 9.08 Å². The molecule has 162 valence electrons. The molecule has 2 amide bonds. The first-order valence-corrected chi connectivity index (χ1v) is 11.1. The zero-order valence-electron chi connectivity index (χ0n) is 17.2. The largest absolute Gasteiger partial charge is 0.445 e. The maximum atomic E-state index is 12.6. The van der Waals surface area contributed by atoms with Gasteiger partial charge >= 0.3 is 12.2 Å². The molecule has 1 fully saturated rings. The van der Waals surface area contributed by atoms with E-state index < -0.39 is 33.9 Å². The summed E-state index contributed by atoms with van der Waals surface area (Å²) >= 11 is 0. The second kappa shape index (κ2) is 9.45. The molecule has 0 saturated carbocycles. The molecule has 1 aromatic carbocycles. The highest BCUT2D eigenvalue weighted by atomic mass is 32.2. The molecule has 1 saturated heterocycles. The summed E-state index contributed by atoms with van der Waals surface area (Å²) in [5, 5.41) is 0. The van der Waals surface area contributed by atoms with Gasteiger partial charge in [0.15, 0.2) is 0 Å². The maximum Gasteiger partial charge on any atom is 0.410 e. The average molecular weight is 429 g/mol. The topological polar surface area (TPSA) is 102 Å². The molecular formula is C19H28N2O7S. The molecule has 0 N–H and O–H groups in total. The lowest BCUT2D eigenvalue weighted by Crippen LogP contribution is -2.58. The van der Waals surface area contributed by atoms with Crippen LogP contribution in [0.1, 0.15) is 26.3 Å². The molecule has 10 heteroatoms. The van der Waals surface area contributed by atoms with Crippen LogP contribution in [-0.2, 0) is 30.4 Å². The van der Waals surface area contributed by atoms with Crippen molar-refractivity contribution >= 4 is 22.3 Å². The van der Waals surface area contributed by atoms with Crippen LogP contribution in [0.2, 0.25) is 0 Å². The molecule has 29 heavy (non-hydrogen) atoms. The summed E-state index contributed by atoms with van der Waals surface area (Å²) in [5.41, 5.74) is 0.166. The van der Waals surface area contributed by atoms with E-state index in [2.05, 4.69) is 0 Å². The lowest BCUT2D eigenvalue weighted by molar-refractivity contribution is -0.00449. The number of hydrogen-bond acceptors (Lipinski definition) is 7. The fourth-order valence-corrected chi connectivity index (χ4v) is 3.14. The SMILES string of the molecule is CC(C)(C)OC(=O)N1CCN(C(=O)OCc2ccccc2)[C@@H](COS(C)(=O)=O)C1. The molecule has 1 aliphatic heterocycles. The summed E-state index contributed by atoms with van der Waals surface area (Å²) in [6, 6.07) is 8.52. The number of piperazine rings is 1. The Hall–Kier alpha value is -2.33. The highest BCUT2D eigenvalue weighted by Crippen LogP contribution is 2.17. The van der Waals surface area contributed by atoms with Gasteiger partial charge in [0.2, 0.25) is 0 Å². The van der Waals surface area contributed by atoms with Crippen molar-refractivity contribution < 1.29 is 31.7 Å². The van der Waals surface area contributed by atoms with Gasteiger partial charge in [0, 0.05) is 19.6 Å². The molecule has 0 bridgehead atoms. The highest BCUT2D eigenvalue weighted by Gasteiger charge is 2.36. The Kier molecular flexibility index (Phi) is 7.48. The summed E-state index contributed by atoms with van der Waals surface area (Å²) in [5.74, 6) is 0. The summed E-state index contributed by atoms with van der Waals surface area (Å²) in [6.07, 6.45) is -0.196. The Morgan fingerprint density at radius 1 is 1.10 bits per heavy atom. The van der Waals surface area contributed by atoms with Gasteiger partial charge in [0.1, 0.15) is 12.2 Å². The zero-order valence-corrected chi connectivity index (χ0v) is 18.0. The number of benzene rings is 1. The Balaban J connectivity index is 2.04. The second-order valence-corrected chi connectivity index (χ2v) is 9.45. The van der Waals surface area contributed by atoms with E-state index in [0.29, 0.717) is 0 Å². The van der Waals surface area contributed by atoms with Gasteiger partial charge in [-0.15, -0.1) is 0 Å². The fourth-order valence-electron chi connectivity index (χ4n) is 2.73. The molecular weight excluding hydrogens is 400 g/mol. The number of carbonyl (C=O) groups is 2. The quantitative estimate of drug-likeness (QED) is 0.663. The van der Waals surface area contributed by atoms with Gasteiger partial charge in [-0.05, 0) is 26.3 Å². The normalized spacial score (nSPS) is 17.7. The number of nitrogens with zero attached hydrogens (tertiary/aromatic N) is 2. The van der Waals surface area contributed by atoms with E-state index in [0.717, 1.165) is 11.8 Å². The van der Waals surface area contributed by atoms with Crippen molar-refractivity contribution in [3.05, 3.63) is 35.9 Å². The van der Waals surface area contributed by atoms with Crippen molar-refractivity contribution in [3.8, 4) is 0 Å². The predicted molar refractivity (Wildman–Crippen MR) is 106 cm³/mol. The van der Waals surface area contributed by atoms with Crippen LogP contribution in [0.3, 0.4) is 0 Å². The van der Waals surface area contributed by atoms with Crippen LogP contribution in [-0.4, -0.2) is 74.5 Å². The predicted octanol–water partition coefficient (Wildman–Crippen LogP) is 2.22. The molecule has 0 spiro atoms. The van der Waals surface area contributed by atoms with Crippen LogP contribution in [0.25, 0.3) is 0 Å². The monoisotopic (exact) mass is 428 g/mol. The van der Waals surface area contributed by atoms with Gasteiger partial charge in [0.05, 0.1) is 18.9 Å². The Labute approximate surface area is 171 Å². The summed E-state index contributed by atoms with van der Waals surface area (Å²) in [7, 11) is -3.71. The minimum Gasteiger partial charge on any atom is -0.445 e. The van der Waals surface area contributed by atoms with E-state index in [4.69, 9.17) is 13.7 Å². The lowest BCUT2D eigenvalue weighted by atomic mass is 10.2. The van der Waals surface area contributed by atoms with Crippen molar-refractivity contribution in [1.29, 1.82) is 0 Å². The second-order valence-electron chi connectivity index (χ2n) is 7.80. The first-order valence-electron chi connectivity index (χ1n) is 9.24. The number of carbonyl (C=O) groups excluding carboxylic acids is 2. The number of hydrogen-bond donors (Lipinski definition) is 0. The number of rotatable bonds is 5. The van der Waals surface area contributed by atoms with Crippen LogP contribution in [0.4, 0.5) is 9.59 Å². The van der Waals surface area contributed by atoms with Crippen LogP contribution < -0.4 is 0 Å². The van der Waals surface area contributed by atoms with Crippen molar-refractivity contribution in [2.24, 2.45) is 0 Å². The smallest absolute Gasteiger partial charge is 0.410 e. The standard InChI is InChI=1S/C19H28N2O7S/c1-19(2,3)28-17(22)20-10-11-21(16(12-20)14-27-29(4,24)25)18(23)26-13-15-8-6-5-7-9-15/h5-9,16H,10-14H2,1-4H3/t16-/m1/s1. The minimum atomic E-state index is -3.71. The molecule has 1 aliphatic rings. The van der Waals surface area contributed by atoms with E-state index in [1.165, 1.54) is 9.80 Å². The van der Waals surface area contributed by atoms with E-state index in [1.54, 1.807) is 20.8 Å². The minimum absolute atomic E-state index is 0.0743. The Morgan fingerprint density at radius 2 is 1.76 bits per heavy atom. The third-order valence-electron chi connectivity index (χ3n) is 4.05. The van der Waals surface area contributed by atoms with Gasteiger partial charge in [-0.1, -0.05) is 30.3 Å². The molecule has 0 aromatic heterocycles. The van der Waals surface area contributed by atoms with Crippen LogP contribution in [0, 0.1) is 0 Å². The molecule has 1 heterocycles. The molecule has 0 radical (unpaired) electrons. The molecule has 0 aliphatic carbocycles.